The predicted octanol–water partition coefficient (Wildman–Crippen LogP) is 3.49. The number of thioether (sulfide) groups is 1. The summed E-state index contributed by atoms with van der Waals surface area (Å²) in [6.07, 6.45) is 1.48. The minimum atomic E-state index is -1.13. The Morgan fingerprint density at radius 1 is 1.19 bits per heavy atom. The summed E-state index contributed by atoms with van der Waals surface area (Å²) in [5.41, 5.74) is 0.973. The van der Waals surface area contributed by atoms with E-state index in [9.17, 15) is 19.2 Å². The Labute approximate surface area is 191 Å². The standard InChI is InChI=1S/C21H17ClN2O7S/c1-30-16-7-12(5-6-15(16)31-11-19(26)27)8-17-20(28)24(21(29)32-17)10-18(25)23-14-4-2-3-13(22)9-14/h2-9H,10-11H2,1H3,(H,23,25)(H,26,27)/b17-8+. The molecule has 9 nitrogen and oxygen atoms in total. The van der Waals surface area contributed by atoms with Crippen molar-refractivity contribution in [2.45, 2.75) is 0 Å². The van der Waals surface area contributed by atoms with Crippen molar-refractivity contribution in [3.8, 4) is 11.5 Å². The maximum absolute atomic E-state index is 12.7. The maximum atomic E-state index is 12.7. The lowest BCUT2D eigenvalue weighted by Crippen LogP contribution is -2.36. The molecular weight excluding hydrogens is 460 g/mol. The number of rotatable bonds is 8. The minimum Gasteiger partial charge on any atom is -0.493 e. The van der Waals surface area contributed by atoms with Crippen LogP contribution in [0.1, 0.15) is 5.56 Å². The monoisotopic (exact) mass is 476 g/mol. The van der Waals surface area contributed by atoms with E-state index in [1.807, 2.05) is 0 Å². The van der Waals surface area contributed by atoms with E-state index in [2.05, 4.69) is 5.32 Å². The van der Waals surface area contributed by atoms with E-state index < -0.39 is 36.2 Å². The lowest BCUT2D eigenvalue weighted by atomic mass is 10.2. The van der Waals surface area contributed by atoms with Gasteiger partial charge in [-0.05, 0) is 53.7 Å². The van der Waals surface area contributed by atoms with Crippen LogP contribution in [0.25, 0.3) is 6.08 Å². The van der Waals surface area contributed by atoms with E-state index in [1.54, 1.807) is 30.3 Å². The number of carbonyl (C=O) groups excluding carboxylic acids is 3. The topological polar surface area (TPSA) is 122 Å². The van der Waals surface area contributed by atoms with Gasteiger partial charge in [0.1, 0.15) is 6.54 Å². The maximum Gasteiger partial charge on any atom is 0.341 e. The second kappa shape index (κ2) is 10.2. The van der Waals surface area contributed by atoms with Crippen molar-refractivity contribution in [2.75, 3.05) is 25.6 Å². The number of aliphatic carboxylic acids is 1. The van der Waals surface area contributed by atoms with Crippen molar-refractivity contribution < 1.29 is 33.8 Å². The highest BCUT2D eigenvalue weighted by Gasteiger charge is 2.36. The number of nitrogens with one attached hydrogen (secondary N) is 1. The first-order chi connectivity index (χ1) is 15.3. The zero-order valence-electron chi connectivity index (χ0n) is 16.7. The van der Waals surface area contributed by atoms with E-state index >= 15 is 0 Å². The Kier molecular flexibility index (Phi) is 7.39. The lowest BCUT2D eigenvalue weighted by Gasteiger charge is -2.12. The molecule has 32 heavy (non-hydrogen) atoms. The highest BCUT2D eigenvalue weighted by atomic mass is 35.5. The van der Waals surface area contributed by atoms with E-state index in [4.69, 9.17) is 26.2 Å². The van der Waals surface area contributed by atoms with Crippen molar-refractivity contribution in [2.24, 2.45) is 0 Å². The molecule has 1 aliphatic rings. The van der Waals surface area contributed by atoms with Gasteiger partial charge in [0.2, 0.25) is 5.91 Å². The SMILES string of the molecule is COc1cc(/C=C2/SC(=O)N(CC(=O)Nc3cccc(Cl)c3)C2=O)ccc1OCC(=O)O. The number of halogens is 1. The zero-order chi connectivity index (χ0) is 23.3. The van der Waals surface area contributed by atoms with Gasteiger partial charge in [0.05, 0.1) is 12.0 Å². The molecule has 1 aliphatic heterocycles. The fraction of sp³-hybridized carbons (Fsp3) is 0.143. The summed E-state index contributed by atoms with van der Waals surface area (Å²) < 4.78 is 10.3. The van der Waals surface area contributed by atoms with Crippen LogP contribution in [0.4, 0.5) is 10.5 Å². The Morgan fingerprint density at radius 3 is 2.66 bits per heavy atom. The summed E-state index contributed by atoms with van der Waals surface area (Å²) in [4.78, 5) is 48.8. The summed E-state index contributed by atoms with van der Waals surface area (Å²) in [7, 11) is 1.39. The summed E-state index contributed by atoms with van der Waals surface area (Å²) in [5.74, 6) is -1.80. The lowest BCUT2D eigenvalue weighted by molar-refractivity contribution is -0.139. The summed E-state index contributed by atoms with van der Waals surface area (Å²) >= 11 is 6.59. The van der Waals surface area contributed by atoms with Gasteiger partial charge in [-0.2, -0.15) is 0 Å². The molecule has 166 valence electrons. The first-order valence-electron chi connectivity index (χ1n) is 9.10. The number of carboxylic acid groups (broad SMARTS) is 1. The fourth-order valence-corrected chi connectivity index (χ4v) is 3.76. The minimum absolute atomic E-state index is 0.131. The molecule has 0 spiro atoms. The molecule has 1 fully saturated rings. The molecule has 2 N–H and O–H groups in total. The molecule has 3 rings (SSSR count). The van der Waals surface area contributed by atoms with Crippen molar-refractivity contribution >= 4 is 58.1 Å². The summed E-state index contributed by atoms with van der Waals surface area (Å²) in [6, 6.07) is 11.1. The first kappa shape index (κ1) is 23.2. The Morgan fingerprint density at radius 2 is 1.97 bits per heavy atom. The highest BCUT2D eigenvalue weighted by molar-refractivity contribution is 8.18. The van der Waals surface area contributed by atoms with Crippen molar-refractivity contribution in [3.05, 3.63) is 58.0 Å². The summed E-state index contributed by atoms with van der Waals surface area (Å²) in [5, 5.41) is 11.2. The molecule has 0 aliphatic carbocycles. The van der Waals surface area contributed by atoms with Crippen molar-refractivity contribution in [1.82, 2.24) is 4.90 Å². The number of hydrogen-bond donors (Lipinski definition) is 2. The average molecular weight is 477 g/mol. The molecule has 2 aromatic rings. The third-order valence-electron chi connectivity index (χ3n) is 4.12. The van der Waals surface area contributed by atoms with Gasteiger partial charge < -0.3 is 19.9 Å². The largest absolute Gasteiger partial charge is 0.493 e. The molecule has 11 heteroatoms. The van der Waals surface area contributed by atoms with Crippen LogP contribution in [-0.4, -0.2) is 53.3 Å². The van der Waals surface area contributed by atoms with E-state index in [0.717, 1.165) is 4.90 Å². The van der Waals surface area contributed by atoms with Gasteiger partial charge in [-0.15, -0.1) is 0 Å². The molecule has 3 amide bonds. The number of carboxylic acids is 1. The third kappa shape index (κ3) is 5.80. The summed E-state index contributed by atoms with van der Waals surface area (Å²) in [6.45, 7) is -0.981. The molecular formula is C21H17ClN2O7S. The second-order valence-electron chi connectivity index (χ2n) is 6.42. The smallest absolute Gasteiger partial charge is 0.341 e. The third-order valence-corrected chi connectivity index (χ3v) is 5.26. The molecule has 0 radical (unpaired) electrons. The van der Waals surface area contributed by atoms with E-state index in [0.29, 0.717) is 28.0 Å². The van der Waals surface area contributed by atoms with Gasteiger partial charge in [0.15, 0.2) is 18.1 Å². The van der Waals surface area contributed by atoms with Crippen LogP contribution in [0.15, 0.2) is 47.4 Å². The Hall–Kier alpha value is -3.50. The zero-order valence-corrected chi connectivity index (χ0v) is 18.2. The van der Waals surface area contributed by atoms with Crippen LogP contribution < -0.4 is 14.8 Å². The van der Waals surface area contributed by atoms with Crippen LogP contribution in [-0.2, 0) is 14.4 Å². The number of carbonyl (C=O) groups is 4. The van der Waals surface area contributed by atoms with Crippen LogP contribution in [0, 0.1) is 0 Å². The molecule has 0 saturated carbocycles. The van der Waals surface area contributed by atoms with Crippen LogP contribution in [0.2, 0.25) is 5.02 Å². The van der Waals surface area contributed by atoms with E-state index in [1.165, 1.54) is 25.3 Å². The van der Waals surface area contributed by atoms with Gasteiger partial charge in [-0.25, -0.2) is 4.79 Å². The predicted molar refractivity (Wildman–Crippen MR) is 119 cm³/mol. The number of benzene rings is 2. The van der Waals surface area contributed by atoms with Gasteiger partial charge in [0, 0.05) is 10.7 Å². The molecule has 1 saturated heterocycles. The number of hydrogen-bond acceptors (Lipinski definition) is 7. The van der Waals surface area contributed by atoms with Crippen molar-refractivity contribution in [1.29, 1.82) is 0 Å². The number of methoxy groups -OCH3 is 1. The Bertz CT molecular complexity index is 1120. The van der Waals surface area contributed by atoms with Crippen molar-refractivity contribution in [3.63, 3.8) is 0 Å². The van der Waals surface area contributed by atoms with Gasteiger partial charge in [0.25, 0.3) is 11.1 Å². The number of anilines is 1. The first-order valence-corrected chi connectivity index (χ1v) is 10.3. The van der Waals surface area contributed by atoms with Crippen LogP contribution >= 0.6 is 23.4 Å². The molecule has 0 bridgehead atoms. The molecule has 2 aromatic carbocycles. The van der Waals surface area contributed by atoms with Gasteiger partial charge in [-0.3, -0.25) is 19.3 Å². The highest BCUT2D eigenvalue weighted by Crippen LogP contribution is 2.34. The van der Waals surface area contributed by atoms with Crippen LogP contribution in [0.5, 0.6) is 11.5 Å². The Balaban J connectivity index is 1.70. The van der Waals surface area contributed by atoms with Gasteiger partial charge in [-0.1, -0.05) is 23.7 Å². The molecule has 0 aromatic heterocycles. The molecule has 1 heterocycles. The number of nitrogens with zero attached hydrogens (tertiary/aromatic N) is 1. The van der Waals surface area contributed by atoms with E-state index in [-0.39, 0.29) is 16.4 Å². The second-order valence-corrected chi connectivity index (χ2v) is 7.85. The normalized spacial score (nSPS) is 14.6. The number of imide groups is 1. The van der Waals surface area contributed by atoms with Gasteiger partial charge >= 0.3 is 5.97 Å². The van der Waals surface area contributed by atoms with Crippen LogP contribution in [0.3, 0.4) is 0 Å². The molecule has 0 unspecified atom stereocenters. The quantitative estimate of drug-likeness (QED) is 0.555. The number of ether oxygens (including phenoxy) is 2. The average Bonchev–Trinajstić information content (AvgIpc) is 2.99. The fourth-order valence-electron chi connectivity index (χ4n) is 2.73. The number of amides is 3. The molecule has 0 atom stereocenters.